The van der Waals surface area contributed by atoms with Crippen LogP contribution in [0.2, 0.25) is 0 Å². The van der Waals surface area contributed by atoms with Gasteiger partial charge in [0.15, 0.2) is 11.5 Å². The van der Waals surface area contributed by atoms with Crippen LogP contribution in [0.5, 0.6) is 11.5 Å². The maximum absolute atomic E-state index is 12.3. The van der Waals surface area contributed by atoms with Gasteiger partial charge in [-0.1, -0.05) is 0 Å². The van der Waals surface area contributed by atoms with Gasteiger partial charge in [0.1, 0.15) is 5.76 Å². The molecule has 0 saturated heterocycles. The van der Waals surface area contributed by atoms with Gasteiger partial charge in [-0.3, -0.25) is 20.4 Å². The van der Waals surface area contributed by atoms with Crippen LogP contribution < -0.4 is 20.3 Å². The molecule has 1 heterocycles. The molecule has 1 aromatic heterocycles. The van der Waals surface area contributed by atoms with Crippen LogP contribution in [0, 0.1) is 6.92 Å². The van der Waals surface area contributed by atoms with Crippen LogP contribution in [0.25, 0.3) is 0 Å². The second-order valence-electron chi connectivity index (χ2n) is 4.54. The van der Waals surface area contributed by atoms with Crippen molar-refractivity contribution in [2.75, 3.05) is 7.11 Å². The summed E-state index contributed by atoms with van der Waals surface area (Å²) >= 11 is 0. The summed E-state index contributed by atoms with van der Waals surface area (Å²) in [6.45, 7) is -1.42. The Morgan fingerprint density at radius 1 is 1.12 bits per heavy atom. The van der Waals surface area contributed by atoms with E-state index in [1.54, 1.807) is 6.92 Å². The zero-order chi connectivity index (χ0) is 17.7. The van der Waals surface area contributed by atoms with Crippen LogP contribution in [0.3, 0.4) is 0 Å². The quantitative estimate of drug-likeness (QED) is 0.815. The van der Waals surface area contributed by atoms with Gasteiger partial charge in [-0.25, -0.2) is 0 Å². The van der Waals surface area contributed by atoms with E-state index in [-0.39, 0.29) is 22.6 Å². The number of hydrazine groups is 1. The Morgan fingerprint density at radius 2 is 1.83 bits per heavy atom. The van der Waals surface area contributed by atoms with Gasteiger partial charge in [-0.05, 0) is 31.2 Å². The Balaban J connectivity index is 2.04. The first-order valence-corrected chi connectivity index (χ1v) is 6.70. The van der Waals surface area contributed by atoms with E-state index < -0.39 is 18.4 Å². The van der Waals surface area contributed by atoms with Gasteiger partial charge in [-0.2, -0.15) is 8.78 Å². The van der Waals surface area contributed by atoms with E-state index in [1.165, 1.54) is 37.6 Å². The van der Waals surface area contributed by atoms with E-state index in [0.717, 1.165) is 0 Å². The number of aryl methyl sites for hydroxylation is 1. The number of carbonyl (C=O) groups excluding carboxylic acids is 2. The highest BCUT2D eigenvalue weighted by Crippen LogP contribution is 2.29. The van der Waals surface area contributed by atoms with E-state index in [2.05, 4.69) is 15.6 Å². The molecule has 0 radical (unpaired) electrons. The van der Waals surface area contributed by atoms with Crippen LogP contribution in [-0.4, -0.2) is 25.5 Å². The van der Waals surface area contributed by atoms with Crippen molar-refractivity contribution in [3.05, 3.63) is 47.4 Å². The molecule has 0 aliphatic rings. The number of hydrogen-bond acceptors (Lipinski definition) is 5. The minimum Gasteiger partial charge on any atom is -0.493 e. The fraction of sp³-hybridized carbons (Fsp3) is 0.200. The number of carbonyl (C=O) groups is 2. The molecule has 2 aromatic rings. The molecule has 128 valence electrons. The largest absolute Gasteiger partial charge is 0.493 e. The predicted molar refractivity (Wildman–Crippen MR) is 78.0 cm³/mol. The highest BCUT2D eigenvalue weighted by molar-refractivity contribution is 5.99. The Hall–Kier alpha value is -3.10. The van der Waals surface area contributed by atoms with Crippen molar-refractivity contribution in [3.8, 4) is 11.5 Å². The summed E-state index contributed by atoms with van der Waals surface area (Å²) in [5.74, 6) is -1.07. The molecular weight excluding hydrogens is 326 g/mol. The molecule has 9 heteroatoms. The number of nitrogens with one attached hydrogen (secondary N) is 2. The molecule has 0 atom stereocenters. The third kappa shape index (κ3) is 4.00. The van der Waals surface area contributed by atoms with Crippen LogP contribution in [0.15, 0.2) is 34.9 Å². The van der Waals surface area contributed by atoms with E-state index in [0.29, 0.717) is 5.76 Å². The highest BCUT2D eigenvalue weighted by Gasteiger charge is 2.16. The Morgan fingerprint density at radius 3 is 2.42 bits per heavy atom. The summed E-state index contributed by atoms with van der Waals surface area (Å²) in [6.07, 6.45) is 1.35. The summed E-state index contributed by atoms with van der Waals surface area (Å²) < 4.78 is 38.7. The van der Waals surface area contributed by atoms with E-state index in [1.807, 2.05) is 0 Å². The number of rotatable bonds is 5. The standard InChI is InChI=1S/C15H14F2N2O5/c1-8-10(5-6-23-8)14(21)19-18-13(20)9-3-4-11(24-15(16)17)12(7-9)22-2/h3-7,15H,1-2H3,(H,18,20)(H,19,21). The fourth-order valence-corrected chi connectivity index (χ4v) is 1.88. The molecule has 24 heavy (non-hydrogen) atoms. The first-order chi connectivity index (χ1) is 11.4. The highest BCUT2D eigenvalue weighted by atomic mass is 19.3. The first kappa shape index (κ1) is 17.3. The van der Waals surface area contributed by atoms with Gasteiger partial charge >= 0.3 is 6.61 Å². The second kappa shape index (κ2) is 7.44. The lowest BCUT2D eigenvalue weighted by molar-refractivity contribution is -0.0512. The van der Waals surface area contributed by atoms with Crippen LogP contribution in [0.1, 0.15) is 26.5 Å². The minimum absolute atomic E-state index is 0.0417. The summed E-state index contributed by atoms with van der Waals surface area (Å²) in [4.78, 5) is 23.9. The number of ether oxygens (including phenoxy) is 2. The molecule has 2 amide bonds. The molecule has 0 bridgehead atoms. The fourth-order valence-electron chi connectivity index (χ4n) is 1.88. The normalized spacial score (nSPS) is 10.4. The van der Waals surface area contributed by atoms with Crippen LogP contribution >= 0.6 is 0 Å². The number of benzene rings is 1. The molecule has 0 aliphatic carbocycles. The summed E-state index contributed by atoms with van der Waals surface area (Å²) in [7, 11) is 1.25. The average molecular weight is 340 g/mol. The molecule has 7 nitrogen and oxygen atoms in total. The number of amides is 2. The molecule has 0 saturated carbocycles. The van der Waals surface area contributed by atoms with Gasteiger partial charge < -0.3 is 13.9 Å². The number of furan rings is 1. The topological polar surface area (TPSA) is 89.8 Å². The van der Waals surface area contributed by atoms with Gasteiger partial charge in [0, 0.05) is 5.56 Å². The van der Waals surface area contributed by atoms with Crippen LogP contribution in [0.4, 0.5) is 8.78 Å². The van der Waals surface area contributed by atoms with Crippen molar-refractivity contribution >= 4 is 11.8 Å². The maximum atomic E-state index is 12.3. The smallest absolute Gasteiger partial charge is 0.387 e. The number of halogens is 2. The van der Waals surface area contributed by atoms with Gasteiger partial charge in [0.05, 0.1) is 18.9 Å². The average Bonchev–Trinajstić information content (AvgIpc) is 2.98. The lowest BCUT2D eigenvalue weighted by Gasteiger charge is -2.12. The van der Waals surface area contributed by atoms with Crippen molar-refractivity contribution in [2.24, 2.45) is 0 Å². The first-order valence-electron chi connectivity index (χ1n) is 6.70. The monoisotopic (exact) mass is 340 g/mol. The van der Waals surface area contributed by atoms with Crippen molar-refractivity contribution in [3.63, 3.8) is 0 Å². The zero-order valence-corrected chi connectivity index (χ0v) is 12.8. The van der Waals surface area contributed by atoms with E-state index >= 15 is 0 Å². The Labute approximate surface area is 135 Å². The molecule has 1 aromatic carbocycles. The summed E-state index contributed by atoms with van der Waals surface area (Å²) in [5, 5.41) is 0. The Kier molecular flexibility index (Phi) is 5.35. The zero-order valence-electron chi connectivity index (χ0n) is 12.8. The van der Waals surface area contributed by atoms with Crippen molar-refractivity contribution in [1.29, 1.82) is 0 Å². The third-order valence-corrected chi connectivity index (χ3v) is 3.03. The van der Waals surface area contributed by atoms with Crippen molar-refractivity contribution < 1.29 is 32.3 Å². The SMILES string of the molecule is COc1cc(C(=O)NNC(=O)c2ccoc2C)ccc1OC(F)F. The second-order valence-corrected chi connectivity index (χ2v) is 4.54. The van der Waals surface area contributed by atoms with Crippen LogP contribution in [-0.2, 0) is 0 Å². The predicted octanol–water partition coefficient (Wildman–Crippen LogP) is 2.27. The van der Waals surface area contributed by atoms with E-state index in [4.69, 9.17) is 9.15 Å². The van der Waals surface area contributed by atoms with Crippen molar-refractivity contribution in [1.82, 2.24) is 10.9 Å². The lowest BCUT2D eigenvalue weighted by atomic mass is 10.2. The van der Waals surface area contributed by atoms with Gasteiger partial charge in [-0.15, -0.1) is 0 Å². The van der Waals surface area contributed by atoms with Crippen molar-refractivity contribution in [2.45, 2.75) is 13.5 Å². The van der Waals surface area contributed by atoms with Gasteiger partial charge in [0.25, 0.3) is 11.8 Å². The molecule has 0 unspecified atom stereocenters. The number of hydrogen-bond donors (Lipinski definition) is 2. The minimum atomic E-state index is -3.02. The summed E-state index contributed by atoms with van der Waals surface area (Å²) in [5.41, 5.74) is 4.77. The molecular formula is C15H14F2N2O5. The number of alkyl halides is 2. The molecule has 0 aliphatic heterocycles. The molecule has 2 rings (SSSR count). The lowest BCUT2D eigenvalue weighted by Crippen LogP contribution is -2.41. The Bertz CT molecular complexity index is 745. The van der Waals surface area contributed by atoms with E-state index in [9.17, 15) is 18.4 Å². The third-order valence-electron chi connectivity index (χ3n) is 3.03. The van der Waals surface area contributed by atoms with Gasteiger partial charge in [0.2, 0.25) is 0 Å². The molecule has 0 spiro atoms. The summed E-state index contributed by atoms with van der Waals surface area (Å²) in [6, 6.07) is 5.09. The number of methoxy groups -OCH3 is 1. The molecule has 0 fully saturated rings. The maximum Gasteiger partial charge on any atom is 0.387 e. The molecule has 2 N–H and O–H groups in total.